The third-order valence-electron chi connectivity index (χ3n) is 10.1. The van der Waals surface area contributed by atoms with Gasteiger partial charge in [0.05, 0.1) is 11.1 Å². The van der Waals surface area contributed by atoms with E-state index in [9.17, 15) is 0 Å². The normalized spacial score (nSPS) is 11.6. The Morgan fingerprint density at radius 3 is 1.72 bits per heavy atom. The van der Waals surface area contributed by atoms with E-state index in [1.165, 1.54) is 54.6 Å². The summed E-state index contributed by atoms with van der Waals surface area (Å²) in [5.74, 6) is 0. The van der Waals surface area contributed by atoms with E-state index >= 15 is 0 Å². The molecule has 0 bridgehead atoms. The number of anilines is 3. The lowest BCUT2D eigenvalue weighted by molar-refractivity contribution is 0.669. The van der Waals surface area contributed by atoms with Crippen LogP contribution in [0.2, 0.25) is 0 Å². The van der Waals surface area contributed by atoms with E-state index in [1.807, 2.05) is 6.07 Å². The van der Waals surface area contributed by atoms with E-state index in [0.29, 0.717) is 0 Å². The summed E-state index contributed by atoms with van der Waals surface area (Å²) >= 11 is 0. The van der Waals surface area contributed by atoms with Crippen molar-refractivity contribution in [3.05, 3.63) is 188 Å². The molecule has 2 heteroatoms. The van der Waals surface area contributed by atoms with Gasteiger partial charge in [0.15, 0.2) is 0 Å². The zero-order chi connectivity index (χ0) is 33.0. The van der Waals surface area contributed by atoms with Crippen molar-refractivity contribution in [3.63, 3.8) is 0 Å². The summed E-state index contributed by atoms with van der Waals surface area (Å²) < 4.78 is 6.39. The molecule has 0 radical (unpaired) electrons. The van der Waals surface area contributed by atoms with Crippen LogP contribution in [-0.4, -0.2) is 0 Å². The van der Waals surface area contributed by atoms with Crippen LogP contribution in [0.25, 0.3) is 76.5 Å². The minimum absolute atomic E-state index is 0.875. The van der Waals surface area contributed by atoms with E-state index in [1.54, 1.807) is 0 Å². The molecule has 0 aliphatic rings. The molecule has 0 fully saturated rings. The van der Waals surface area contributed by atoms with Crippen LogP contribution < -0.4 is 4.90 Å². The first kappa shape index (κ1) is 28.4. The highest BCUT2D eigenvalue weighted by molar-refractivity contribution is 6.18. The van der Waals surface area contributed by atoms with Gasteiger partial charge in [-0.05, 0) is 97.0 Å². The van der Waals surface area contributed by atoms with E-state index < -0.39 is 0 Å². The van der Waals surface area contributed by atoms with Crippen molar-refractivity contribution in [1.29, 1.82) is 0 Å². The number of para-hydroxylation sites is 1. The fourth-order valence-corrected chi connectivity index (χ4v) is 7.71. The minimum Gasteiger partial charge on any atom is -0.456 e. The second-order valence-corrected chi connectivity index (χ2v) is 12.9. The molecular formula is C48H31NO. The molecule has 1 heterocycles. The number of rotatable bonds is 5. The number of furan rings is 1. The molecule has 234 valence electrons. The predicted octanol–water partition coefficient (Wildman–Crippen LogP) is 13.8. The Morgan fingerprint density at radius 1 is 0.340 bits per heavy atom. The summed E-state index contributed by atoms with van der Waals surface area (Å²) in [5, 5.41) is 9.70. The first-order valence-corrected chi connectivity index (χ1v) is 17.1. The van der Waals surface area contributed by atoms with Crippen LogP contribution in [0, 0.1) is 0 Å². The fraction of sp³-hybridized carbons (Fsp3) is 0. The molecule has 0 aliphatic carbocycles. The molecule has 0 saturated heterocycles. The molecule has 0 atom stereocenters. The van der Waals surface area contributed by atoms with Crippen LogP contribution >= 0.6 is 0 Å². The Labute approximate surface area is 290 Å². The van der Waals surface area contributed by atoms with Crippen molar-refractivity contribution in [2.75, 3.05) is 4.90 Å². The van der Waals surface area contributed by atoms with Gasteiger partial charge in [-0.3, -0.25) is 0 Å². The Hall–Kier alpha value is -6.64. The van der Waals surface area contributed by atoms with Gasteiger partial charge in [0.25, 0.3) is 0 Å². The van der Waals surface area contributed by atoms with Crippen LogP contribution in [-0.2, 0) is 0 Å². The van der Waals surface area contributed by atoms with E-state index in [2.05, 4.69) is 187 Å². The smallest absolute Gasteiger partial charge is 0.137 e. The number of fused-ring (bicyclic) bond motifs is 8. The lowest BCUT2D eigenvalue weighted by atomic mass is 9.94. The quantitative estimate of drug-likeness (QED) is 0.175. The molecule has 0 amide bonds. The van der Waals surface area contributed by atoms with Crippen LogP contribution in [0.15, 0.2) is 192 Å². The second kappa shape index (κ2) is 11.5. The monoisotopic (exact) mass is 637 g/mol. The molecule has 50 heavy (non-hydrogen) atoms. The van der Waals surface area contributed by atoms with Gasteiger partial charge in [0.2, 0.25) is 0 Å². The third-order valence-corrected chi connectivity index (χ3v) is 10.1. The maximum absolute atomic E-state index is 6.39. The summed E-state index contributed by atoms with van der Waals surface area (Å²) in [6, 6.07) is 67.5. The van der Waals surface area contributed by atoms with Crippen molar-refractivity contribution in [2.45, 2.75) is 0 Å². The van der Waals surface area contributed by atoms with E-state index in [0.717, 1.165) is 39.0 Å². The van der Waals surface area contributed by atoms with Gasteiger partial charge in [-0.25, -0.2) is 0 Å². The number of nitrogens with zero attached hydrogens (tertiary/aromatic N) is 1. The Kier molecular flexibility index (Phi) is 6.53. The zero-order valence-corrected chi connectivity index (χ0v) is 27.3. The highest BCUT2D eigenvalue weighted by atomic mass is 16.3. The van der Waals surface area contributed by atoms with Crippen molar-refractivity contribution in [2.24, 2.45) is 0 Å². The SMILES string of the molecule is c1ccc(-c2ccccc2-c2ccc(N(c3ccc4ccc5c6ccccc6ccc5c4c3)c3cccc4oc5ccccc5c34)cc2)cc1. The molecule has 0 aliphatic heterocycles. The van der Waals surface area contributed by atoms with E-state index in [-0.39, 0.29) is 0 Å². The van der Waals surface area contributed by atoms with Crippen molar-refractivity contribution in [3.8, 4) is 22.3 Å². The first-order valence-electron chi connectivity index (χ1n) is 17.1. The molecule has 9 aromatic carbocycles. The molecule has 0 N–H and O–H groups in total. The number of hydrogen-bond acceptors (Lipinski definition) is 2. The minimum atomic E-state index is 0.875. The fourth-order valence-electron chi connectivity index (χ4n) is 7.71. The lowest BCUT2D eigenvalue weighted by Gasteiger charge is -2.27. The topological polar surface area (TPSA) is 16.4 Å². The first-order chi connectivity index (χ1) is 24.8. The maximum atomic E-state index is 6.39. The third kappa shape index (κ3) is 4.57. The summed E-state index contributed by atoms with van der Waals surface area (Å²) in [4.78, 5) is 2.39. The zero-order valence-electron chi connectivity index (χ0n) is 27.3. The van der Waals surface area contributed by atoms with Crippen LogP contribution in [0.5, 0.6) is 0 Å². The van der Waals surface area contributed by atoms with Gasteiger partial charge in [-0.15, -0.1) is 0 Å². The van der Waals surface area contributed by atoms with Crippen LogP contribution in [0.1, 0.15) is 0 Å². The number of hydrogen-bond donors (Lipinski definition) is 0. The van der Waals surface area contributed by atoms with Crippen LogP contribution in [0.4, 0.5) is 17.1 Å². The standard InChI is InChI=1S/C48H31NO/c1-2-11-32(12-3-1)38-14-6-7-15-39(38)34-21-26-36(27-22-34)49(45-18-10-20-47-48(45)43-17-8-9-19-46(43)50-47)37-28-23-35-25-29-41-40-16-5-4-13-33(40)24-30-42(41)44(35)31-37/h1-31H. The molecule has 1 aromatic heterocycles. The highest BCUT2D eigenvalue weighted by Crippen LogP contribution is 2.45. The van der Waals surface area contributed by atoms with Crippen molar-refractivity contribution < 1.29 is 4.42 Å². The molecule has 10 aromatic rings. The number of benzene rings is 9. The second-order valence-electron chi connectivity index (χ2n) is 12.9. The van der Waals surface area contributed by atoms with E-state index in [4.69, 9.17) is 4.42 Å². The summed E-state index contributed by atoms with van der Waals surface area (Å²) in [6.45, 7) is 0. The van der Waals surface area contributed by atoms with Crippen molar-refractivity contribution in [1.82, 2.24) is 0 Å². The highest BCUT2D eigenvalue weighted by Gasteiger charge is 2.20. The molecular weight excluding hydrogens is 607 g/mol. The Bertz CT molecular complexity index is 2870. The maximum Gasteiger partial charge on any atom is 0.137 e. The molecule has 0 spiro atoms. The summed E-state index contributed by atoms with van der Waals surface area (Å²) in [5.41, 5.74) is 9.83. The van der Waals surface area contributed by atoms with Gasteiger partial charge in [0.1, 0.15) is 11.2 Å². The Morgan fingerprint density at radius 2 is 0.920 bits per heavy atom. The largest absolute Gasteiger partial charge is 0.456 e. The lowest BCUT2D eigenvalue weighted by Crippen LogP contribution is -2.10. The molecule has 10 rings (SSSR count). The average Bonchev–Trinajstić information content (AvgIpc) is 3.58. The van der Waals surface area contributed by atoms with Crippen LogP contribution in [0.3, 0.4) is 0 Å². The van der Waals surface area contributed by atoms with Gasteiger partial charge in [0, 0.05) is 16.8 Å². The van der Waals surface area contributed by atoms with Gasteiger partial charge < -0.3 is 9.32 Å². The predicted molar refractivity (Wildman–Crippen MR) is 212 cm³/mol. The summed E-state index contributed by atoms with van der Waals surface area (Å²) in [6.07, 6.45) is 0. The van der Waals surface area contributed by atoms with Gasteiger partial charge in [-0.1, -0.05) is 146 Å². The molecule has 0 unspecified atom stereocenters. The molecule has 2 nitrogen and oxygen atoms in total. The molecule has 0 saturated carbocycles. The average molecular weight is 638 g/mol. The summed E-state index contributed by atoms with van der Waals surface area (Å²) in [7, 11) is 0. The van der Waals surface area contributed by atoms with Crippen molar-refractivity contribution >= 4 is 71.3 Å². The Balaban J connectivity index is 1.19. The van der Waals surface area contributed by atoms with Gasteiger partial charge >= 0.3 is 0 Å². The van der Waals surface area contributed by atoms with Gasteiger partial charge in [-0.2, -0.15) is 0 Å².